The van der Waals surface area contributed by atoms with Crippen LogP contribution < -0.4 is 5.32 Å². The fourth-order valence-corrected chi connectivity index (χ4v) is 5.65. The van der Waals surface area contributed by atoms with Crippen LogP contribution in [-0.2, 0) is 0 Å². The van der Waals surface area contributed by atoms with Gasteiger partial charge in [0.25, 0.3) is 0 Å². The fraction of sp³-hybridized carbons (Fsp3) is 0.583. The van der Waals surface area contributed by atoms with E-state index in [1.807, 2.05) is 12.3 Å². The molecule has 1 aliphatic heterocycles. The van der Waals surface area contributed by atoms with Crippen LogP contribution in [0.1, 0.15) is 92.6 Å². The molecule has 156 valence electrons. The monoisotopic (exact) mass is 410 g/mol. The normalized spacial score (nSPS) is 22.9. The Labute approximate surface area is 180 Å². The number of hydrogen-bond donors (Lipinski definition) is 1. The Morgan fingerprint density at radius 2 is 1.97 bits per heavy atom. The van der Waals surface area contributed by atoms with E-state index in [1.54, 1.807) is 0 Å². The first-order valence-corrected chi connectivity index (χ1v) is 11.7. The highest BCUT2D eigenvalue weighted by atomic mass is 32.1. The van der Waals surface area contributed by atoms with Crippen LogP contribution in [0.5, 0.6) is 0 Å². The molecule has 0 amide bonds. The van der Waals surface area contributed by atoms with Crippen LogP contribution >= 0.6 is 12.2 Å². The van der Waals surface area contributed by atoms with E-state index in [0.29, 0.717) is 6.04 Å². The van der Waals surface area contributed by atoms with Crippen molar-refractivity contribution in [3.8, 4) is 0 Å². The summed E-state index contributed by atoms with van der Waals surface area (Å²) in [4.78, 5) is 7.09. The fourth-order valence-electron chi connectivity index (χ4n) is 5.32. The predicted molar refractivity (Wildman–Crippen MR) is 123 cm³/mol. The molecular formula is C24H34N4S. The molecule has 1 saturated heterocycles. The van der Waals surface area contributed by atoms with E-state index in [-0.39, 0.29) is 12.1 Å². The number of aryl methyl sites for hydroxylation is 1. The molecule has 1 aliphatic carbocycles. The highest BCUT2D eigenvalue weighted by Gasteiger charge is 2.41. The molecule has 2 aromatic rings. The lowest BCUT2D eigenvalue weighted by Gasteiger charge is -2.29. The van der Waals surface area contributed by atoms with Gasteiger partial charge in [-0.2, -0.15) is 0 Å². The highest BCUT2D eigenvalue weighted by Crippen LogP contribution is 2.42. The summed E-state index contributed by atoms with van der Waals surface area (Å²) in [6.07, 6.45) is 10.9. The van der Waals surface area contributed by atoms with Gasteiger partial charge in [-0.3, -0.25) is 4.98 Å². The van der Waals surface area contributed by atoms with Crippen molar-refractivity contribution in [1.29, 1.82) is 0 Å². The van der Waals surface area contributed by atoms with Crippen LogP contribution in [0.2, 0.25) is 0 Å². The Morgan fingerprint density at radius 1 is 1.17 bits per heavy atom. The number of thiocarbonyl (C=S) groups is 1. The summed E-state index contributed by atoms with van der Waals surface area (Å²) in [7, 11) is 0. The summed E-state index contributed by atoms with van der Waals surface area (Å²) in [5.74, 6) is 0. The Kier molecular flexibility index (Phi) is 6.23. The Hall–Kier alpha value is -1.88. The molecule has 5 heteroatoms. The first-order chi connectivity index (χ1) is 14.1. The SMILES string of the molecule is CCCCN1C(=S)N[C@@H](c2ccccn2)[C@H]1c1cc(C)n(C2CCCCC2)c1C. The highest BCUT2D eigenvalue weighted by molar-refractivity contribution is 7.80. The molecule has 1 saturated carbocycles. The summed E-state index contributed by atoms with van der Waals surface area (Å²) >= 11 is 5.80. The number of aromatic nitrogens is 2. The van der Waals surface area contributed by atoms with Gasteiger partial charge in [0, 0.05) is 30.2 Å². The smallest absolute Gasteiger partial charge is 0.170 e. The number of hydrogen-bond acceptors (Lipinski definition) is 2. The van der Waals surface area contributed by atoms with Crippen LogP contribution in [0.4, 0.5) is 0 Å². The third-order valence-corrected chi connectivity index (χ3v) is 7.08. The largest absolute Gasteiger partial charge is 0.352 e. The molecule has 2 atom stereocenters. The first kappa shape index (κ1) is 20.4. The van der Waals surface area contributed by atoms with E-state index in [2.05, 4.69) is 58.7 Å². The molecule has 3 heterocycles. The van der Waals surface area contributed by atoms with Gasteiger partial charge >= 0.3 is 0 Å². The second-order valence-electron chi connectivity index (χ2n) is 8.66. The van der Waals surface area contributed by atoms with E-state index in [9.17, 15) is 0 Å². The molecule has 0 unspecified atom stereocenters. The molecule has 0 radical (unpaired) electrons. The van der Waals surface area contributed by atoms with Crippen LogP contribution in [0.15, 0.2) is 30.5 Å². The Balaban J connectivity index is 1.74. The summed E-state index contributed by atoms with van der Waals surface area (Å²) in [5, 5.41) is 4.46. The van der Waals surface area contributed by atoms with E-state index >= 15 is 0 Å². The average molecular weight is 411 g/mol. The predicted octanol–water partition coefficient (Wildman–Crippen LogP) is 5.78. The van der Waals surface area contributed by atoms with Gasteiger partial charge in [-0.25, -0.2) is 0 Å². The number of pyridine rings is 1. The minimum absolute atomic E-state index is 0.0980. The molecule has 4 rings (SSSR count). The van der Waals surface area contributed by atoms with Gasteiger partial charge in [0.05, 0.1) is 17.8 Å². The van der Waals surface area contributed by atoms with Crippen LogP contribution in [0.25, 0.3) is 0 Å². The maximum Gasteiger partial charge on any atom is 0.170 e. The molecular weight excluding hydrogens is 376 g/mol. The quantitative estimate of drug-likeness (QED) is 0.612. The number of nitrogens with zero attached hydrogens (tertiary/aromatic N) is 3. The van der Waals surface area contributed by atoms with Crippen molar-refractivity contribution in [2.75, 3.05) is 6.54 Å². The minimum atomic E-state index is 0.0980. The Morgan fingerprint density at radius 3 is 2.66 bits per heavy atom. The van der Waals surface area contributed by atoms with Crippen LogP contribution in [0.3, 0.4) is 0 Å². The van der Waals surface area contributed by atoms with Crippen molar-refractivity contribution >= 4 is 17.3 Å². The lowest BCUT2D eigenvalue weighted by Crippen LogP contribution is -2.30. The third kappa shape index (κ3) is 3.94. The lowest BCUT2D eigenvalue weighted by molar-refractivity contribution is 0.308. The third-order valence-electron chi connectivity index (χ3n) is 6.73. The van der Waals surface area contributed by atoms with Gasteiger partial charge in [0.1, 0.15) is 0 Å². The second-order valence-corrected chi connectivity index (χ2v) is 9.05. The zero-order chi connectivity index (χ0) is 20.4. The molecule has 0 spiro atoms. The summed E-state index contributed by atoms with van der Waals surface area (Å²) in [6, 6.07) is 9.54. The maximum absolute atomic E-state index is 5.80. The van der Waals surface area contributed by atoms with E-state index in [0.717, 1.165) is 23.8 Å². The molecule has 4 nitrogen and oxygen atoms in total. The maximum atomic E-state index is 5.80. The molecule has 1 N–H and O–H groups in total. The second kappa shape index (κ2) is 8.86. The van der Waals surface area contributed by atoms with Gasteiger partial charge in [-0.1, -0.05) is 38.7 Å². The van der Waals surface area contributed by atoms with Gasteiger partial charge < -0.3 is 14.8 Å². The van der Waals surface area contributed by atoms with Crippen LogP contribution in [-0.4, -0.2) is 26.1 Å². The van der Waals surface area contributed by atoms with Crippen molar-refractivity contribution in [2.24, 2.45) is 0 Å². The topological polar surface area (TPSA) is 33.1 Å². The van der Waals surface area contributed by atoms with Crippen LogP contribution in [0, 0.1) is 13.8 Å². The summed E-state index contributed by atoms with van der Waals surface area (Å²) in [5.41, 5.74) is 5.28. The molecule has 0 aromatic carbocycles. The van der Waals surface area contributed by atoms with Crippen molar-refractivity contribution in [1.82, 2.24) is 19.8 Å². The zero-order valence-electron chi connectivity index (χ0n) is 18.0. The van der Waals surface area contributed by atoms with E-state index < -0.39 is 0 Å². The summed E-state index contributed by atoms with van der Waals surface area (Å²) in [6.45, 7) is 7.82. The minimum Gasteiger partial charge on any atom is -0.352 e. The van der Waals surface area contributed by atoms with Gasteiger partial charge in [-0.15, -0.1) is 0 Å². The van der Waals surface area contributed by atoms with Crippen molar-refractivity contribution in [3.63, 3.8) is 0 Å². The average Bonchev–Trinajstić information content (AvgIpc) is 3.23. The number of unbranched alkanes of at least 4 members (excludes halogenated alkanes) is 1. The van der Waals surface area contributed by atoms with Gasteiger partial charge in [0.15, 0.2) is 5.11 Å². The molecule has 0 bridgehead atoms. The zero-order valence-corrected chi connectivity index (χ0v) is 18.8. The van der Waals surface area contributed by atoms with E-state index in [1.165, 1.54) is 55.5 Å². The van der Waals surface area contributed by atoms with Crippen molar-refractivity contribution in [3.05, 3.63) is 53.1 Å². The van der Waals surface area contributed by atoms with Gasteiger partial charge in [-0.05, 0) is 69.1 Å². The number of rotatable bonds is 6. The van der Waals surface area contributed by atoms with Crippen molar-refractivity contribution in [2.45, 2.75) is 83.8 Å². The van der Waals surface area contributed by atoms with E-state index in [4.69, 9.17) is 12.2 Å². The number of nitrogens with one attached hydrogen (secondary N) is 1. The summed E-state index contributed by atoms with van der Waals surface area (Å²) < 4.78 is 2.61. The molecule has 2 aromatic heterocycles. The standard InChI is InChI=1S/C24H34N4S/c1-4-5-15-27-23(22(26-24(27)29)21-13-9-10-14-25-21)20-16-17(2)28(18(20)3)19-11-7-6-8-12-19/h9-10,13-14,16,19,22-23H,4-8,11-12,15H2,1-3H3,(H,26,29)/t22-,23+/m0/s1. The molecule has 2 aliphatic rings. The lowest BCUT2D eigenvalue weighted by atomic mass is 9.94. The first-order valence-electron chi connectivity index (χ1n) is 11.3. The molecule has 29 heavy (non-hydrogen) atoms. The van der Waals surface area contributed by atoms with Gasteiger partial charge in [0.2, 0.25) is 0 Å². The van der Waals surface area contributed by atoms with Crippen molar-refractivity contribution < 1.29 is 0 Å². The Bertz CT molecular complexity index is 838. The molecule has 2 fully saturated rings.